The minimum atomic E-state index is -0.214. The molecule has 1 saturated carbocycles. The molecule has 138 valence electrons. The number of rotatable bonds is 7. The van der Waals surface area contributed by atoms with E-state index in [9.17, 15) is 5.11 Å². The SMILES string of the molecule is Cc1nn(CCO)c(C)c1CNC1(c2noc(C(C)C)n2)CCCC1. The van der Waals surface area contributed by atoms with Gasteiger partial charge in [-0.25, -0.2) is 0 Å². The summed E-state index contributed by atoms with van der Waals surface area (Å²) in [7, 11) is 0. The summed E-state index contributed by atoms with van der Waals surface area (Å²) in [4.78, 5) is 4.66. The Labute approximate surface area is 148 Å². The number of aliphatic hydroxyl groups excluding tert-OH is 1. The van der Waals surface area contributed by atoms with Gasteiger partial charge in [0.05, 0.1) is 24.4 Å². The van der Waals surface area contributed by atoms with E-state index in [1.165, 1.54) is 18.4 Å². The molecular weight excluding hydrogens is 318 g/mol. The van der Waals surface area contributed by atoms with Crippen LogP contribution in [0.15, 0.2) is 4.52 Å². The van der Waals surface area contributed by atoms with Crippen molar-refractivity contribution in [2.45, 2.75) is 77.9 Å². The molecule has 0 atom stereocenters. The van der Waals surface area contributed by atoms with E-state index in [4.69, 9.17) is 4.52 Å². The molecule has 0 amide bonds. The van der Waals surface area contributed by atoms with Crippen LogP contribution in [0.3, 0.4) is 0 Å². The highest BCUT2D eigenvalue weighted by atomic mass is 16.5. The second-order valence-corrected chi connectivity index (χ2v) is 7.35. The first-order valence-corrected chi connectivity index (χ1v) is 9.19. The third-order valence-electron chi connectivity index (χ3n) is 5.27. The maximum Gasteiger partial charge on any atom is 0.229 e. The fourth-order valence-electron chi connectivity index (χ4n) is 3.68. The average Bonchev–Trinajstić information content (AvgIpc) is 3.28. The summed E-state index contributed by atoms with van der Waals surface area (Å²) in [5, 5.41) is 21.7. The first-order chi connectivity index (χ1) is 12.0. The Balaban J connectivity index is 1.81. The topological polar surface area (TPSA) is 89.0 Å². The number of nitrogens with one attached hydrogen (secondary N) is 1. The van der Waals surface area contributed by atoms with Gasteiger partial charge in [0.1, 0.15) is 0 Å². The molecule has 0 radical (unpaired) electrons. The van der Waals surface area contributed by atoms with Crippen LogP contribution in [0.5, 0.6) is 0 Å². The van der Waals surface area contributed by atoms with Crippen molar-refractivity contribution in [3.05, 3.63) is 28.7 Å². The zero-order chi connectivity index (χ0) is 18.0. The molecule has 1 fully saturated rings. The maximum atomic E-state index is 9.18. The minimum Gasteiger partial charge on any atom is -0.394 e. The van der Waals surface area contributed by atoms with Gasteiger partial charge in [0.25, 0.3) is 0 Å². The smallest absolute Gasteiger partial charge is 0.229 e. The van der Waals surface area contributed by atoms with Crippen LogP contribution in [0.4, 0.5) is 0 Å². The van der Waals surface area contributed by atoms with E-state index in [-0.39, 0.29) is 18.1 Å². The molecule has 0 saturated heterocycles. The van der Waals surface area contributed by atoms with E-state index in [1.807, 2.05) is 11.6 Å². The van der Waals surface area contributed by atoms with Crippen LogP contribution in [0, 0.1) is 13.8 Å². The fraction of sp³-hybridized carbons (Fsp3) is 0.722. The molecule has 7 heteroatoms. The van der Waals surface area contributed by atoms with Crippen LogP contribution in [0.1, 0.15) is 74.1 Å². The maximum absolute atomic E-state index is 9.18. The molecule has 2 heterocycles. The number of aromatic nitrogens is 4. The molecule has 0 aliphatic heterocycles. The molecule has 2 N–H and O–H groups in total. The third-order valence-corrected chi connectivity index (χ3v) is 5.27. The van der Waals surface area contributed by atoms with E-state index < -0.39 is 0 Å². The van der Waals surface area contributed by atoms with Crippen molar-refractivity contribution in [2.75, 3.05) is 6.61 Å². The van der Waals surface area contributed by atoms with Crippen molar-refractivity contribution in [2.24, 2.45) is 0 Å². The van der Waals surface area contributed by atoms with Crippen molar-refractivity contribution in [1.82, 2.24) is 25.2 Å². The number of hydrogen-bond donors (Lipinski definition) is 2. The number of aliphatic hydroxyl groups is 1. The van der Waals surface area contributed by atoms with Crippen LogP contribution in [0.2, 0.25) is 0 Å². The number of nitrogens with zero attached hydrogens (tertiary/aromatic N) is 4. The lowest BCUT2D eigenvalue weighted by molar-refractivity contribution is 0.267. The first kappa shape index (κ1) is 18.1. The van der Waals surface area contributed by atoms with E-state index in [0.29, 0.717) is 19.0 Å². The highest BCUT2D eigenvalue weighted by Gasteiger charge is 2.40. The highest BCUT2D eigenvalue weighted by molar-refractivity contribution is 5.25. The molecule has 2 aromatic heterocycles. The molecule has 3 rings (SSSR count). The predicted octanol–water partition coefficient (Wildman–Crippen LogP) is 2.56. The predicted molar refractivity (Wildman–Crippen MR) is 94.2 cm³/mol. The van der Waals surface area contributed by atoms with Gasteiger partial charge < -0.3 is 14.9 Å². The van der Waals surface area contributed by atoms with Crippen molar-refractivity contribution in [1.29, 1.82) is 0 Å². The lowest BCUT2D eigenvalue weighted by atomic mass is 9.96. The third kappa shape index (κ3) is 3.48. The molecule has 0 unspecified atom stereocenters. The first-order valence-electron chi connectivity index (χ1n) is 9.19. The summed E-state index contributed by atoms with van der Waals surface area (Å²) in [5.74, 6) is 1.72. The molecule has 0 bridgehead atoms. The average molecular weight is 347 g/mol. The largest absolute Gasteiger partial charge is 0.394 e. The number of aryl methyl sites for hydroxylation is 1. The van der Waals surface area contributed by atoms with Gasteiger partial charge in [-0.3, -0.25) is 4.68 Å². The molecule has 1 aliphatic carbocycles. The summed E-state index contributed by atoms with van der Waals surface area (Å²) in [6.45, 7) is 9.54. The standard InChI is InChI=1S/C18H29N5O2/c1-12(2)16-20-17(22-25-16)18(7-5-6-8-18)19-11-15-13(3)21-23(9-10-24)14(15)4/h12,19,24H,5-11H2,1-4H3. The number of hydrogen-bond acceptors (Lipinski definition) is 6. The zero-order valence-corrected chi connectivity index (χ0v) is 15.7. The van der Waals surface area contributed by atoms with Gasteiger partial charge in [-0.05, 0) is 26.7 Å². The quantitative estimate of drug-likeness (QED) is 0.800. The van der Waals surface area contributed by atoms with Crippen molar-refractivity contribution in [3.8, 4) is 0 Å². The lowest BCUT2D eigenvalue weighted by Gasteiger charge is -2.27. The Morgan fingerprint density at radius 1 is 1.28 bits per heavy atom. The lowest BCUT2D eigenvalue weighted by Crippen LogP contribution is -2.40. The monoisotopic (exact) mass is 347 g/mol. The molecule has 0 aromatic carbocycles. The van der Waals surface area contributed by atoms with E-state index in [2.05, 4.69) is 41.3 Å². The van der Waals surface area contributed by atoms with Crippen LogP contribution >= 0.6 is 0 Å². The molecule has 1 aliphatic rings. The summed E-state index contributed by atoms with van der Waals surface area (Å²) < 4.78 is 7.33. The zero-order valence-electron chi connectivity index (χ0n) is 15.7. The van der Waals surface area contributed by atoms with Crippen molar-refractivity contribution >= 4 is 0 Å². The van der Waals surface area contributed by atoms with Crippen molar-refractivity contribution in [3.63, 3.8) is 0 Å². The van der Waals surface area contributed by atoms with Gasteiger partial charge in [0.2, 0.25) is 5.89 Å². The van der Waals surface area contributed by atoms with Crippen LogP contribution in [-0.4, -0.2) is 31.6 Å². The Morgan fingerprint density at radius 2 is 2.00 bits per heavy atom. The summed E-state index contributed by atoms with van der Waals surface area (Å²) in [6.07, 6.45) is 4.38. The Bertz CT molecular complexity index is 713. The van der Waals surface area contributed by atoms with Crippen molar-refractivity contribution < 1.29 is 9.63 Å². The molecular formula is C18H29N5O2. The normalized spacial score (nSPS) is 16.9. The molecule has 0 spiro atoms. The van der Waals surface area contributed by atoms with Crippen LogP contribution in [-0.2, 0) is 18.6 Å². The summed E-state index contributed by atoms with van der Waals surface area (Å²) in [6, 6.07) is 0. The minimum absolute atomic E-state index is 0.0968. The molecule has 7 nitrogen and oxygen atoms in total. The van der Waals surface area contributed by atoms with E-state index in [1.54, 1.807) is 0 Å². The van der Waals surface area contributed by atoms with Gasteiger partial charge in [0, 0.05) is 23.7 Å². The molecule has 25 heavy (non-hydrogen) atoms. The Kier molecular flexibility index (Phi) is 5.24. The second kappa shape index (κ2) is 7.25. The second-order valence-electron chi connectivity index (χ2n) is 7.35. The fourth-order valence-corrected chi connectivity index (χ4v) is 3.68. The summed E-state index contributed by atoms with van der Waals surface area (Å²) in [5.41, 5.74) is 3.08. The van der Waals surface area contributed by atoms with Gasteiger partial charge in [-0.2, -0.15) is 10.1 Å². The summed E-state index contributed by atoms with van der Waals surface area (Å²) >= 11 is 0. The van der Waals surface area contributed by atoms with Gasteiger partial charge in [0.15, 0.2) is 5.82 Å². The van der Waals surface area contributed by atoms with Gasteiger partial charge in [-0.1, -0.05) is 31.8 Å². The van der Waals surface area contributed by atoms with Gasteiger partial charge >= 0.3 is 0 Å². The Morgan fingerprint density at radius 3 is 2.60 bits per heavy atom. The van der Waals surface area contributed by atoms with Crippen LogP contribution in [0.25, 0.3) is 0 Å². The highest BCUT2D eigenvalue weighted by Crippen LogP contribution is 2.38. The molecule has 2 aromatic rings. The van der Waals surface area contributed by atoms with Crippen LogP contribution < -0.4 is 5.32 Å². The van der Waals surface area contributed by atoms with Gasteiger partial charge in [-0.15, -0.1) is 0 Å². The van der Waals surface area contributed by atoms with E-state index in [0.717, 1.165) is 30.1 Å². The Hall–Kier alpha value is -1.73. The van der Waals surface area contributed by atoms with E-state index >= 15 is 0 Å².